The molecule has 0 radical (unpaired) electrons. The summed E-state index contributed by atoms with van der Waals surface area (Å²) >= 11 is 6.45. The average molecular weight is 461 g/mol. The number of sulfone groups is 1. The van der Waals surface area contributed by atoms with Gasteiger partial charge in [-0.15, -0.1) is 12.4 Å². The fourth-order valence-corrected chi connectivity index (χ4v) is 5.42. The molecule has 2 aromatic carbocycles. The molecule has 0 amide bonds. The van der Waals surface area contributed by atoms with Gasteiger partial charge in [0, 0.05) is 36.7 Å². The zero-order valence-corrected chi connectivity index (χ0v) is 18.2. The first-order chi connectivity index (χ1) is 14.0. The van der Waals surface area contributed by atoms with Gasteiger partial charge in [0.15, 0.2) is 5.58 Å². The van der Waals surface area contributed by atoms with Gasteiger partial charge >= 0.3 is 0 Å². The fourth-order valence-electron chi connectivity index (χ4n) is 3.77. The van der Waals surface area contributed by atoms with E-state index in [-0.39, 0.29) is 22.2 Å². The van der Waals surface area contributed by atoms with Crippen molar-refractivity contribution in [3.05, 3.63) is 83.3 Å². The van der Waals surface area contributed by atoms with Gasteiger partial charge in [-0.05, 0) is 36.4 Å². The van der Waals surface area contributed by atoms with E-state index in [0.29, 0.717) is 17.2 Å². The number of rotatable bonds is 3. The Kier molecular flexibility index (Phi) is 5.49. The van der Waals surface area contributed by atoms with Crippen LogP contribution in [0.5, 0.6) is 0 Å². The topological polar surface area (TPSA) is 63.4 Å². The summed E-state index contributed by atoms with van der Waals surface area (Å²) in [7, 11) is -3.67. The van der Waals surface area contributed by atoms with Crippen molar-refractivity contribution in [2.24, 2.45) is 0 Å². The first kappa shape index (κ1) is 20.7. The lowest BCUT2D eigenvalue weighted by Crippen LogP contribution is -2.29. The van der Waals surface area contributed by atoms with Crippen molar-refractivity contribution in [1.29, 1.82) is 0 Å². The van der Waals surface area contributed by atoms with Crippen molar-refractivity contribution in [3.63, 3.8) is 0 Å². The molecule has 5 rings (SSSR count). The Hall–Kier alpha value is -2.54. The normalized spacial score (nSPS) is 13.7. The van der Waals surface area contributed by atoms with Gasteiger partial charge in [-0.3, -0.25) is 4.98 Å². The average Bonchev–Trinajstić information content (AvgIpc) is 3.14. The van der Waals surface area contributed by atoms with Crippen molar-refractivity contribution in [2.75, 3.05) is 11.4 Å². The maximum Gasteiger partial charge on any atom is 0.206 e. The van der Waals surface area contributed by atoms with E-state index < -0.39 is 9.84 Å². The summed E-state index contributed by atoms with van der Waals surface area (Å²) in [6.45, 7) is 1.41. The number of hydrogen-bond acceptors (Lipinski definition) is 5. The Morgan fingerprint density at radius 1 is 1.03 bits per heavy atom. The third-order valence-electron chi connectivity index (χ3n) is 5.24. The number of pyridine rings is 1. The van der Waals surface area contributed by atoms with E-state index in [9.17, 15) is 8.42 Å². The third-order valence-corrected chi connectivity index (χ3v) is 7.27. The van der Waals surface area contributed by atoms with E-state index in [2.05, 4.69) is 9.88 Å². The molecular weight excluding hydrogens is 443 g/mol. The number of benzene rings is 2. The standard InChI is InChI=1S/C22H17ClN2O3S.ClH/c23-20-12-17(29(26,27)16-6-2-1-3-7-16)11-18-19-14-25(15-5-4-9-24-13-15)10-8-21(19)28-22(18)20;/h1-7,9,11-13H,8,10,14H2;1H. The second kappa shape index (κ2) is 7.95. The van der Waals surface area contributed by atoms with Gasteiger partial charge in [-0.25, -0.2) is 8.42 Å². The molecule has 154 valence electrons. The molecule has 0 saturated heterocycles. The molecule has 2 aromatic heterocycles. The predicted molar refractivity (Wildman–Crippen MR) is 119 cm³/mol. The van der Waals surface area contributed by atoms with Crippen molar-refractivity contribution < 1.29 is 12.8 Å². The van der Waals surface area contributed by atoms with Gasteiger partial charge < -0.3 is 9.32 Å². The number of furan rings is 1. The van der Waals surface area contributed by atoms with Crippen molar-refractivity contribution in [1.82, 2.24) is 4.98 Å². The Bertz CT molecular complexity index is 1310. The van der Waals surface area contributed by atoms with Crippen molar-refractivity contribution in [2.45, 2.75) is 22.8 Å². The minimum atomic E-state index is -3.67. The van der Waals surface area contributed by atoms with Gasteiger partial charge in [0.05, 0.1) is 26.7 Å². The smallest absolute Gasteiger partial charge is 0.206 e. The molecule has 0 bridgehead atoms. The molecule has 1 aliphatic heterocycles. The molecule has 30 heavy (non-hydrogen) atoms. The third kappa shape index (κ3) is 3.45. The second-order valence-corrected chi connectivity index (χ2v) is 9.34. The van der Waals surface area contributed by atoms with Crippen LogP contribution in [0.4, 0.5) is 5.69 Å². The number of hydrogen-bond donors (Lipinski definition) is 0. The Balaban J connectivity index is 0.00000218. The summed E-state index contributed by atoms with van der Waals surface area (Å²) in [6, 6.07) is 15.4. The van der Waals surface area contributed by atoms with Crippen LogP contribution in [0.15, 0.2) is 81.2 Å². The second-order valence-electron chi connectivity index (χ2n) is 6.98. The zero-order chi connectivity index (χ0) is 20.0. The molecule has 5 nitrogen and oxygen atoms in total. The fraction of sp³-hybridized carbons (Fsp3) is 0.136. The largest absolute Gasteiger partial charge is 0.459 e. The zero-order valence-electron chi connectivity index (χ0n) is 15.8. The minimum Gasteiger partial charge on any atom is -0.459 e. The lowest BCUT2D eigenvalue weighted by Gasteiger charge is -2.28. The lowest BCUT2D eigenvalue weighted by atomic mass is 10.0. The van der Waals surface area contributed by atoms with Crippen LogP contribution < -0.4 is 4.90 Å². The van der Waals surface area contributed by atoms with Gasteiger partial charge in [-0.1, -0.05) is 29.8 Å². The molecule has 0 atom stereocenters. The molecule has 0 spiro atoms. The highest BCUT2D eigenvalue weighted by molar-refractivity contribution is 7.91. The van der Waals surface area contributed by atoms with Crippen LogP contribution in [0.3, 0.4) is 0 Å². The number of nitrogens with zero attached hydrogens (tertiary/aromatic N) is 2. The summed E-state index contributed by atoms with van der Waals surface area (Å²) < 4.78 is 32.2. The predicted octanol–water partition coefficient (Wildman–Crippen LogP) is 5.30. The Morgan fingerprint density at radius 3 is 2.57 bits per heavy atom. The molecule has 1 aliphatic rings. The van der Waals surface area contributed by atoms with Crippen molar-refractivity contribution >= 4 is 50.5 Å². The van der Waals surface area contributed by atoms with Crippen LogP contribution in [-0.2, 0) is 22.8 Å². The molecule has 0 aliphatic carbocycles. The molecule has 0 saturated carbocycles. The van der Waals surface area contributed by atoms with Crippen LogP contribution in [0, 0.1) is 0 Å². The van der Waals surface area contributed by atoms with E-state index in [4.69, 9.17) is 16.0 Å². The Morgan fingerprint density at radius 2 is 1.83 bits per heavy atom. The van der Waals surface area contributed by atoms with E-state index in [1.165, 1.54) is 6.07 Å². The maximum absolute atomic E-state index is 13.1. The van der Waals surface area contributed by atoms with E-state index in [0.717, 1.165) is 35.4 Å². The number of halogens is 2. The lowest BCUT2D eigenvalue weighted by molar-refractivity contribution is 0.521. The number of aromatic nitrogens is 1. The van der Waals surface area contributed by atoms with Gasteiger partial charge in [-0.2, -0.15) is 0 Å². The van der Waals surface area contributed by atoms with E-state index in [1.54, 1.807) is 42.6 Å². The highest BCUT2D eigenvalue weighted by Crippen LogP contribution is 2.38. The monoisotopic (exact) mass is 460 g/mol. The highest BCUT2D eigenvalue weighted by atomic mass is 35.5. The van der Waals surface area contributed by atoms with Crippen LogP contribution in [-0.4, -0.2) is 19.9 Å². The van der Waals surface area contributed by atoms with Crippen LogP contribution in [0.1, 0.15) is 11.3 Å². The Labute approximate surface area is 185 Å². The molecular formula is C22H18Cl2N2O3S. The molecule has 0 unspecified atom stereocenters. The minimum absolute atomic E-state index is 0. The highest BCUT2D eigenvalue weighted by Gasteiger charge is 2.27. The maximum atomic E-state index is 13.1. The first-order valence-electron chi connectivity index (χ1n) is 9.23. The first-order valence-corrected chi connectivity index (χ1v) is 11.1. The van der Waals surface area contributed by atoms with Crippen molar-refractivity contribution in [3.8, 4) is 0 Å². The van der Waals surface area contributed by atoms with Crippen LogP contribution in [0.2, 0.25) is 5.02 Å². The molecule has 0 N–H and O–H groups in total. The molecule has 0 fully saturated rings. The quantitative estimate of drug-likeness (QED) is 0.415. The number of anilines is 1. The van der Waals surface area contributed by atoms with Gasteiger partial charge in [0.2, 0.25) is 9.84 Å². The molecule has 8 heteroatoms. The summed E-state index contributed by atoms with van der Waals surface area (Å²) in [4.78, 5) is 6.81. The van der Waals surface area contributed by atoms with Gasteiger partial charge in [0.1, 0.15) is 5.76 Å². The summed E-state index contributed by atoms with van der Waals surface area (Å²) in [6.07, 6.45) is 4.29. The molecule has 4 aromatic rings. The number of fused-ring (bicyclic) bond motifs is 3. The van der Waals surface area contributed by atoms with Gasteiger partial charge in [0.25, 0.3) is 0 Å². The van der Waals surface area contributed by atoms with E-state index >= 15 is 0 Å². The van der Waals surface area contributed by atoms with Crippen LogP contribution in [0.25, 0.3) is 11.0 Å². The van der Waals surface area contributed by atoms with Crippen LogP contribution >= 0.6 is 24.0 Å². The summed E-state index contributed by atoms with van der Waals surface area (Å²) in [5.74, 6) is 0.858. The SMILES string of the molecule is Cl.O=S(=O)(c1ccccc1)c1cc(Cl)c2oc3c(c2c1)CN(c1cccnc1)CC3. The van der Waals surface area contributed by atoms with E-state index in [1.807, 2.05) is 18.3 Å². The molecule has 3 heterocycles. The summed E-state index contributed by atoms with van der Waals surface area (Å²) in [5.41, 5.74) is 2.53. The summed E-state index contributed by atoms with van der Waals surface area (Å²) in [5, 5.41) is 1.05.